The third-order valence-corrected chi connectivity index (χ3v) is 6.71. The van der Waals surface area contributed by atoms with Crippen LogP contribution in [0.15, 0.2) is 66.9 Å². The molecule has 2 amide bonds. The molecule has 10 heteroatoms. The molecule has 0 N–H and O–H groups in total. The van der Waals surface area contributed by atoms with Gasteiger partial charge in [0.05, 0.1) is 24.5 Å². The molecule has 2 aliphatic rings. The number of nitrogens with zero attached hydrogens (tertiary/aromatic N) is 5. The fourth-order valence-electron chi connectivity index (χ4n) is 4.79. The average Bonchev–Trinajstić information content (AvgIpc) is 3.20. The maximum absolute atomic E-state index is 13.4. The Morgan fingerprint density at radius 3 is 2.42 bits per heavy atom. The van der Waals surface area contributed by atoms with Crippen LogP contribution in [0, 0.1) is 10.1 Å². The van der Waals surface area contributed by atoms with Crippen LogP contribution in [0.25, 0.3) is 0 Å². The minimum atomic E-state index is -0.538. The van der Waals surface area contributed by atoms with Gasteiger partial charge in [-0.15, -0.1) is 0 Å². The Morgan fingerprint density at radius 2 is 1.78 bits per heavy atom. The minimum absolute atomic E-state index is 0.0502. The molecule has 1 fully saturated rings. The van der Waals surface area contributed by atoms with Gasteiger partial charge in [0.15, 0.2) is 0 Å². The van der Waals surface area contributed by atoms with Gasteiger partial charge in [0.1, 0.15) is 17.8 Å². The highest BCUT2D eigenvalue weighted by Gasteiger charge is 2.40. The molecular formula is C26H25N5O5. The van der Waals surface area contributed by atoms with E-state index in [9.17, 15) is 19.7 Å². The van der Waals surface area contributed by atoms with E-state index < -0.39 is 11.0 Å². The van der Waals surface area contributed by atoms with Crippen molar-refractivity contribution in [3.63, 3.8) is 0 Å². The number of anilines is 2. The molecule has 1 unspecified atom stereocenters. The maximum atomic E-state index is 13.4. The van der Waals surface area contributed by atoms with Gasteiger partial charge in [0, 0.05) is 43.5 Å². The second-order valence-electron chi connectivity index (χ2n) is 8.68. The zero-order valence-electron chi connectivity index (χ0n) is 19.7. The van der Waals surface area contributed by atoms with E-state index >= 15 is 0 Å². The van der Waals surface area contributed by atoms with E-state index in [0.29, 0.717) is 31.7 Å². The van der Waals surface area contributed by atoms with Gasteiger partial charge in [0.25, 0.3) is 11.6 Å². The number of carbonyl (C=O) groups excluding carboxylic acids is 2. The lowest BCUT2D eigenvalue weighted by molar-refractivity contribution is -0.385. The fraction of sp³-hybridized carbons (Fsp3) is 0.269. The van der Waals surface area contributed by atoms with E-state index in [0.717, 1.165) is 23.2 Å². The molecule has 36 heavy (non-hydrogen) atoms. The number of piperazine rings is 1. The van der Waals surface area contributed by atoms with Gasteiger partial charge < -0.3 is 14.5 Å². The van der Waals surface area contributed by atoms with Gasteiger partial charge in [-0.05, 0) is 42.0 Å². The highest BCUT2D eigenvalue weighted by Crippen LogP contribution is 2.39. The second kappa shape index (κ2) is 9.65. The number of methoxy groups -OCH3 is 1. The van der Waals surface area contributed by atoms with Crippen LogP contribution >= 0.6 is 0 Å². The Morgan fingerprint density at radius 1 is 1.06 bits per heavy atom. The number of amides is 2. The Bertz CT molecular complexity index is 1290. The largest absolute Gasteiger partial charge is 0.497 e. The third-order valence-electron chi connectivity index (χ3n) is 6.71. The van der Waals surface area contributed by atoms with Crippen molar-refractivity contribution >= 4 is 29.0 Å². The number of hydrogen-bond acceptors (Lipinski definition) is 7. The van der Waals surface area contributed by atoms with Crippen molar-refractivity contribution in [3.8, 4) is 5.75 Å². The van der Waals surface area contributed by atoms with Crippen molar-refractivity contribution in [2.75, 3.05) is 43.1 Å². The minimum Gasteiger partial charge on any atom is -0.497 e. The number of ether oxygens (including phenoxy) is 1. The maximum Gasteiger partial charge on any atom is 0.287 e. The summed E-state index contributed by atoms with van der Waals surface area (Å²) in [4.78, 5) is 46.8. The summed E-state index contributed by atoms with van der Waals surface area (Å²) >= 11 is 0. The van der Waals surface area contributed by atoms with Gasteiger partial charge in [-0.2, -0.15) is 0 Å². The van der Waals surface area contributed by atoms with Crippen LogP contribution in [0.1, 0.15) is 28.4 Å². The standard InChI is InChI=1S/C26H25N5O5/c1-36-20-9-6-18(7-10-20)28-12-14-29(15-13-28)25(32)16-23-21-4-2-3-5-22(21)26(33)30(23)24-11-8-19(17-27-24)31(34)35/h2-11,17,23H,12-16H2,1H3. The van der Waals surface area contributed by atoms with Crippen molar-refractivity contribution in [2.45, 2.75) is 12.5 Å². The number of hydrogen-bond donors (Lipinski definition) is 0. The highest BCUT2D eigenvalue weighted by molar-refractivity contribution is 6.11. The van der Waals surface area contributed by atoms with Crippen molar-refractivity contribution < 1.29 is 19.2 Å². The third kappa shape index (κ3) is 4.33. The molecule has 0 bridgehead atoms. The van der Waals surface area contributed by atoms with E-state index in [1.165, 1.54) is 17.0 Å². The molecule has 10 nitrogen and oxygen atoms in total. The number of nitro groups is 1. The summed E-state index contributed by atoms with van der Waals surface area (Å²) in [5.74, 6) is 0.759. The molecule has 1 aromatic heterocycles. The number of fused-ring (bicyclic) bond motifs is 1. The molecule has 2 aromatic carbocycles. The number of pyridine rings is 1. The molecule has 184 valence electrons. The summed E-state index contributed by atoms with van der Waals surface area (Å²) in [6, 6.07) is 17.3. The predicted molar refractivity (Wildman–Crippen MR) is 133 cm³/mol. The smallest absolute Gasteiger partial charge is 0.287 e. The monoisotopic (exact) mass is 487 g/mol. The quantitative estimate of drug-likeness (QED) is 0.387. The highest BCUT2D eigenvalue weighted by atomic mass is 16.6. The van der Waals surface area contributed by atoms with Gasteiger partial charge in [-0.3, -0.25) is 24.6 Å². The van der Waals surface area contributed by atoms with Crippen molar-refractivity contribution in [1.82, 2.24) is 9.88 Å². The zero-order chi connectivity index (χ0) is 25.2. The number of aromatic nitrogens is 1. The average molecular weight is 488 g/mol. The number of carbonyl (C=O) groups is 2. The second-order valence-corrected chi connectivity index (χ2v) is 8.68. The molecule has 0 saturated carbocycles. The van der Waals surface area contributed by atoms with Crippen LogP contribution in [-0.4, -0.2) is 59.9 Å². The Labute approximate surface area is 207 Å². The topological polar surface area (TPSA) is 109 Å². The fourth-order valence-corrected chi connectivity index (χ4v) is 4.79. The molecule has 5 rings (SSSR count). The van der Waals surface area contributed by atoms with Crippen LogP contribution < -0.4 is 14.5 Å². The summed E-state index contributed by atoms with van der Waals surface area (Å²) in [5, 5.41) is 11.0. The summed E-state index contributed by atoms with van der Waals surface area (Å²) in [7, 11) is 1.63. The molecule has 0 spiro atoms. The molecule has 3 heterocycles. The first-order valence-corrected chi connectivity index (χ1v) is 11.7. The van der Waals surface area contributed by atoms with Crippen LogP contribution in [-0.2, 0) is 4.79 Å². The Balaban J connectivity index is 1.31. The number of benzene rings is 2. The molecule has 2 aliphatic heterocycles. The van der Waals surface area contributed by atoms with Gasteiger partial charge in [-0.25, -0.2) is 4.98 Å². The van der Waals surface area contributed by atoms with Crippen LogP contribution in [0.2, 0.25) is 0 Å². The first kappa shape index (κ1) is 23.3. The lowest BCUT2D eigenvalue weighted by atomic mass is 10.0. The first-order valence-electron chi connectivity index (χ1n) is 11.7. The van der Waals surface area contributed by atoms with E-state index in [4.69, 9.17) is 4.74 Å². The van der Waals surface area contributed by atoms with Gasteiger partial charge in [0.2, 0.25) is 5.91 Å². The lowest BCUT2D eigenvalue weighted by Gasteiger charge is -2.37. The Hall–Kier alpha value is -4.47. The van der Waals surface area contributed by atoms with E-state index in [1.807, 2.05) is 41.3 Å². The molecule has 1 atom stereocenters. The SMILES string of the molecule is COc1ccc(N2CCN(C(=O)CC3c4ccccc4C(=O)N3c3ccc([N+](=O)[O-])cn3)CC2)cc1. The molecule has 3 aromatic rings. The Kier molecular flexibility index (Phi) is 6.24. The normalized spacial score (nSPS) is 17.2. The van der Waals surface area contributed by atoms with Crippen LogP contribution in [0.4, 0.5) is 17.2 Å². The molecular weight excluding hydrogens is 462 g/mol. The van der Waals surface area contributed by atoms with Crippen molar-refractivity contribution in [2.24, 2.45) is 0 Å². The van der Waals surface area contributed by atoms with E-state index in [1.54, 1.807) is 19.2 Å². The zero-order valence-corrected chi connectivity index (χ0v) is 19.7. The van der Waals surface area contributed by atoms with Gasteiger partial charge >= 0.3 is 0 Å². The first-order chi connectivity index (χ1) is 17.5. The lowest BCUT2D eigenvalue weighted by Crippen LogP contribution is -2.49. The summed E-state index contributed by atoms with van der Waals surface area (Å²) < 4.78 is 5.22. The molecule has 0 aliphatic carbocycles. The van der Waals surface area contributed by atoms with Crippen LogP contribution in [0.5, 0.6) is 5.75 Å². The molecule has 0 radical (unpaired) electrons. The number of rotatable bonds is 6. The summed E-state index contributed by atoms with van der Waals surface area (Å²) in [6.45, 7) is 2.55. The molecule has 1 saturated heterocycles. The summed E-state index contributed by atoms with van der Waals surface area (Å²) in [5.41, 5.74) is 2.19. The predicted octanol–water partition coefficient (Wildman–Crippen LogP) is 3.44. The summed E-state index contributed by atoms with van der Waals surface area (Å²) in [6.07, 6.45) is 1.23. The van der Waals surface area contributed by atoms with E-state index in [-0.39, 0.29) is 29.7 Å². The van der Waals surface area contributed by atoms with Crippen LogP contribution in [0.3, 0.4) is 0 Å². The van der Waals surface area contributed by atoms with Crippen molar-refractivity contribution in [3.05, 3.63) is 88.1 Å². The van der Waals surface area contributed by atoms with Crippen molar-refractivity contribution in [1.29, 1.82) is 0 Å². The van der Waals surface area contributed by atoms with E-state index in [2.05, 4.69) is 9.88 Å². The van der Waals surface area contributed by atoms with Gasteiger partial charge in [-0.1, -0.05) is 18.2 Å².